The maximum absolute atomic E-state index is 13.3. The van der Waals surface area contributed by atoms with Crippen molar-refractivity contribution in [2.75, 3.05) is 0 Å². The van der Waals surface area contributed by atoms with Crippen LogP contribution in [0.1, 0.15) is 31.3 Å². The lowest BCUT2D eigenvalue weighted by Crippen LogP contribution is -2.42. The van der Waals surface area contributed by atoms with Gasteiger partial charge in [-0.05, 0) is 52.0 Å². The molecule has 0 aliphatic rings. The van der Waals surface area contributed by atoms with Gasteiger partial charge < -0.3 is 0 Å². The second-order valence-electron chi connectivity index (χ2n) is 7.21. The first-order chi connectivity index (χ1) is 13.6. The van der Waals surface area contributed by atoms with Gasteiger partial charge in [0.25, 0.3) is 5.56 Å². The number of carbonyl (C=O) groups excluding carboxylic acids is 1. The number of fused-ring (bicyclic) bond motifs is 3. The Kier molecular flexibility index (Phi) is 4.27. The van der Waals surface area contributed by atoms with E-state index in [-0.39, 0.29) is 16.9 Å². The van der Waals surface area contributed by atoms with Crippen LogP contribution in [0.25, 0.3) is 22.6 Å². The van der Waals surface area contributed by atoms with Crippen LogP contribution < -0.4 is 11.2 Å². The smallest absolute Gasteiger partial charge is 0.298 e. The average molecular weight is 414 g/mol. The van der Waals surface area contributed by atoms with Crippen molar-refractivity contribution in [1.29, 1.82) is 0 Å². The zero-order chi connectivity index (χ0) is 21.2. The minimum atomic E-state index is -0.865. The zero-order valence-electron chi connectivity index (χ0n) is 16.7. The van der Waals surface area contributed by atoms with Gasteiger partial charge in [-0.3, -0.25) is 23.1 Å². The van der Waals surface area contributed by atoms with Gasteiger partial charge in [-0.1, -0.05) is 11.6 Å². The third-order valence-corrected chi connectivity index (χ3v) is 5.78. The number of nitrogens with zero attached hydrogens (tertiary/aromatic N) is 5. The highest BCUT2D eigenvalue weighted by molar-refractivity contribution is 6.30. The van der Waals surface area contributed by atoms with E-state index in [1.54, 1.807) is 30.5 Å². The third-order valence-electron chi connectivity index (χ3n) is 5.53. The molecule has 29 heavy (non-hydrogen) atoms. The Labute approximate surface area is 170 Å². The fourth-order valence-electron chi connectivity index (χ4n) is 3.64. The number of ketones is 1. The van der Waals surface area contributed by atoms with Crippen LogP contribution in [0.15, 0.2) is 33.9 Å². The lowest BCUT2D eigenvalue weighted by Gasteiger charge is -2.12. The summed E-state index contributed by atoms with van der Waals surface area (Å²) in [5, 5.41) is 0.614. The SMILES string of the molecule is CC(=O)C(C)n1c(=O)c2c(nc3n(-c4ccc(Cl)cc4)c(C)c(C)n23)n(C)c1=O. The van der Waals surface area contributed by atoms with E-state index >= 15 is 0 Å². The molecule has 9 heteroatoms. The number of rotatable bonds is 3. The molecule has 3 heterocycles. The summed E-state index contributed by atoms with van der Waals surface area (Å²) in [6, 6.07) is 6.42. The highest BCUT2D eigenvalue weighted by Gasteiger charge is 2.25. The van der Waals surface area contributed by atoms with Crippen molar-refractivity contribution in [1.82, 2.24) is 23.1 Å². The summed E-state index contributed by atoms with van der Waals surface area (Å²) in [5.41, 5.74) is 1.98. The predicted octanol–water partition coefficient (Wildman–Crippen LogP) is 2.56. The minimum Gasteiger partial charge on any atom is -0.298 e. The van der Waals surface area contributed by atoms with Gasteiger partial charge in [-0.25, -0.2) is 9.36 Å². The zero-order valence-corrected chi connectivity index (χ0v) is 17.5. The standard InChI is InChI=1S/C20H20ClN5O3/c1-10-11(2)25-16-17(22-19(25)24(10)15-8-6-14(21)7-9-15)23(5)20(29)26(18(16)28)12(3)13(4)27/h6-9,12H,1-5H3. The monoisotopic (exact) mass is 413 g/mol. The highest BCUT2D eigenvalue weighted by Crippen LogP contribution is 2.25. The van der Waals surface area contributed by atoms with Crippen molar-refractivity contribution in [3.05, 3.63) is 61.5 Å². The number of aryl methyl sites for hydroxylation is 2. The van der Waals surface area contributed by atoms with E-state index in [0.29, 0.717) is 10.8 Å². The Bertz CT molecular complexity index is 1420. The third kappa shape index (κ3) is 2.59. The van der Waals surface area contributed by atoms with Gasteiger partial charge in [0.05, 0.1) is 6.04 Å². The Morgan fingerprint density at radius 3 is 2.31 bits per heavy atom. The molecule has 1 aromatic carbocycles. The number of hydrogen-bond acceptors (Lipinski definition) is 4. The van der Waals surface area contributed by atoms with Crippen LogP contribution in [0.5, 0.6) is 0 Å². The minimum absolute atomic E-state index is 0.267. The van der Waals surface area contributed by atoms with E-state index in [4.69, 9.17) is 11.6 Å². The van der Waals surface area contributed by atoms with Crippen molar-refractivity contribution < 1.29 is 4.79 Å². The average Bonchev–Trinajstić information content (AvgIpc) is 3.17. The maximum atomic E-state index is 13.3. The van der Waals surface area contributed by atoms with Gasteiger partial charge in [0, 0.05) is 29.1 Å². The topological polar surface area (TPSA) is 83.3 Å². The molecular formula is C20H20ClN5O3. The summed E-state index contributed by atoms with van der Waals surface area (Å²) in [6.45, 7) is 6.73. The van der Waals surface area contributed by atoms with Crippen LogP contribution >= 0.6 is 11.6 Å². The number of imidazole rings is 2. The molecule has 0 aliphatic carbocycles. The van der Waals surface area contributed by atoms with Gasteiger partial charge in [0.2, 0.25) is 5.78 Å². The van der Waals surface area contributed by atoms with E-state index < -0.39 is 17.3 Å². The number of halogens is 1. The number of Topliss-reactive ketones (excluding diaryl/α,β-unsaturated/α-hetero) is 1. The van der Waals surface area contributed by atoms with E-state index in [1.165, 1.54) is 11.5 Å². The van der Waals surface area contributed by atoms with Crippen molar-refractivity contribution in [3.8, 4) is 5.69 Å². The van der Waals surface area contributed by atoms with E-state index in [0.717, 1.165) is 21.6 Å². The van der Waals surface area contributed by atoms with Gasteiger partial charge in [-0.15, -0.1) is 0 Å². The predicted molar refractivity (Wildman–Crippen MR) is 111 cm³/mol. The first kappa shape index (κ1) is 19.2. The molecule has 0 saturated heterocycles. The quantitative estimate of drug-likeness (QED) is 0.516. The summed E-state index contributed by atoms with van der Waals surface area (Å²) in [7, 11) is 1.55. The number of aromatic nitrogens is 5. The normalized spacial score (nSPS) is 12.8. The van der Waals surface area contributed by atoms with Gasteiger partial charge in [0.15, 0.2) is 16.9 Å². The lowest BCUT2D eigenvalue weighted by atomic mass is 10.2. The van der Waals surface area contributed by atoms with E-state index in [2.05, 4.69) is 4.98 Å². The molecule has 1 unspecified atom stereocenters. The summed E-state index contributed by atoms with van der Waals surface area (Å²) in [5.74, 6) is 0.244. The van der Waals surface area contributed by atoms with E-state index in [1.807, 2.05) is 30.5 Å². The second-order valence-corrected chi connectivity index (χ2v) is 7.64. The Hall–Kier alpha value is -3.13. The molecule has 0 bridgehead atoms. The molecule has 0 radical (unpaired) electrons. The fourth-order valence-corrected chi connectivity index (χ4v) is 3.77. The number of hydrogen-bond donors (Lipinski definition) is 0. The summed E-state index contributed by atoms with van der Waals surface area (Å²) >= 11 is 6.02. The van der Waals surface area contributed by atoms with Crippen LogP contribution in [-0.4, -0.2) is 28.9 Å². The second kappa shape index (κ2) is 6.45. The van der Waals surface area contributed by atoms with Crippen molar-refractivity contribution in [3.63, 3.8) is 0 Å². The van der Waals surface area contributed by atoms with Crippen LogP contribution in [0.4, 0.5) is 0 Å². The van der Waals surface area contributed by atoms with Crippen molar-refractivity contribution in [2.24, 2.45) is 7.05 Å². The maximum Gasteiger partial charge on any atom is 0.333 e. The summed E-state index contributed by atoms with van der Waals surface area (Å²) < 4.78 is 5.95. The molecule has 4 rings (SSSR count). The van der Waals surface area contributed by atoms with Gasteiger partial charge in [0.1, 0.15) is 0 Å². The molecule has 0 spiro atoms. The molecule has 0 aliphatic heterocycles. The van der Waals surface area contributed by atoms with E-state index in [9.17, 15) is 14.4 Å². The molecule has 0 N–H and O–H groups in total. The van der Waals surface area contributed by atoms with Crippen LogP contribution in [0.2, 0.25) is 5.02 Å². The number of carbonyl (C=O) groups is 1. The van der Waals surface area contributed by atoms with Crippen molar-refractivity contribution >= 4 is 34.3 Å². The molecular weight excluding hydrogens is 394 g/mol. The Morgan fingerprint density at radius 2 is 1.72 bits per heavy atom. The molecule has 1 atom stereocenters. The molecule has 3 aromatic heterocycles. The molecule has 4 aromatic rings. The van der Waals surface area contributed by atoms with Crippen LogP contribution in [0, 0.1) is 13.8 Å². The summed E-state index contributed by atoms with van der Waals surface area (Å²) in [4.78, 5) is 42.6. The Morgan fingerprint density at radius 1 is 1.10 bits per heavy atom. The van der Waals surface area contributed by atoms with Crippen LogP contribution in [0.3, 0.4) is 0 Å². The molecule has 8 nitrogen and oxygen atoms in total. The molecule has 150 valence electrons. The van der Waals surface area contributed by atoms with Crippen LogP contribution in [-0.2, 0) is 11.8 Å². The first-order valence-electron chi connectivity index (χ1n) is 9.13. The van der Waals surface area contributed by atoms with Gasteiger partial charge >= 0.3 is 5.69 Å². The van der Waals surface area contributed by atoms with Crippen molar-refractivity contribution in [2.45, 2.75) is 33.7 Å². The molecule has 0 amide bonds. The number of benzene rings is 1. The highest BCUT2D eigenvalue weighted by atomic mass is 35.5. The van der Waals surface area contributed by atoms with Gasteiger partial charge in [-0.2, -0.15) is 4.98 Å². The Balaban J connectivity index is 2.19. The molecule has 0 saturated carbocycles. The molecule has 0 fully saturated rings. The first-order valence-corrected chi connectivity index (χ1v) is 9.51. The fraction of sp³-hybridized carbons (Fsp3) is 0.300. The largest absolute Gasteiger partial charge is 0.333 e. The summed E-state index contributed by atoms with van der Waals surface area (Å²) in [6.07, 6.45) is 0. The lowest BCUT2D eigenvalue weighted by molar-refractivity contribution is -0.119.